The molecule has 0 aliphatic carbocycles. The van der Waals surface area contributed by atoms with Gasteiger partial charge in [0.15, 0.2) is 0 Å². The Morgan fingerprint density at radius 2 is 1.82 bits per heavy atom. The van der Waals surface area contributed by atoms with Crippen LogP contribution in [0.4, 0.5) is 17.6 Å². The predicted octanol–water partition coefficient (Wildman–Crippen LogP) is 3.44. The van der Waals surface area contributed by atoms with E-state index in [9.17, 15) is 5.11 Å². The minimum Gasteiger partial charge on any atom is -0.392 e. The summed E-state index contributed by atoms with van der Waals surface area (Å²) in [5, 5.41) is 9.41. The number of hydrogen-bond donors (Lipinski definition) is 1. The fourth-order valence-electron chi connectivity index (χ4n) is 5.13. The van der Waals surface area contributed by atoms with E-state index in [1.165, 1.54) is 12.8 Å². The van der Waals surface area contributed by atoms with Crippen LogP contribution in [0.25, 0.3) is 11.3 Å². The van der Waals surface area contributed by atoms with Crippen molar-refractivity contribution < 1.29 is 5.11 Å². The lowest BCUT2D eigenvalue weighted by Crippen LogP contribution is -2.53. The summed E-state index contributed by atoms with van der Waals surface area (Å²) in [6.45, 7) is 10.2. The highest BCUT2D eigenvalue weighted by Crippen LogP contribution is 2.31. The normalized spacial score (nSPS) is 20.8. The second-order valence-electron chi connectivity index (χ2n) is 9.46. The number of rotatable bonds is 5. The molecule has 1 N–H and O–H groups in total. The first kappa shape index (κ1) is 22.5. The van der Waals surface area contributed by atoms with E-state index in [0.717, 1.165) is 66.1 Å². The maximum atomic E-state index is 9.41. The lowest BCUT2D eigenvalue weighted by Gasteiger charge is -2.41. The van der Waals surface area contributed by atoms with Crippen molar-refractivity contribution >= 4 is 17.6 Å². The van der Waals surface area contributed by atoms with Crippen LogP contribution in [0.2, 0.25) is 0 Å². The van der Waals surface area contributed by atoms with Crippen molar-refractivity contribution in [3.05, 3.63) is 54.0 Å². The molecule has 3 aromatic heterocycles. The fourth-order valence-corrected chi connectivity index (χ4v) is 5.13. The smallest absolute Gasteiger partial charge is 0.228 e. The number of pyridine rings is 2. The molecule has 8 nitrogen and oxygen atoms in total. The summed E-state index contributed by atoms with van der Waals surface area (Å²) in [6, 6.07) is 8.87. The van der Waals surface area contributed by atoms with Gasteiger partial charge in [-0.15, -0.1) is 0 Å². The van der Waals surface area contributed by atoms with Crippen molar-refractivity contribution in [2.75, 3.05) is 40.9 Å². The van der Waals surface area contributed by atoms with Crippen molar-refractivity contribution in [2.24, 2.45) is 0 Å². The van der Waals surface area contributed by atoms with Gasteiger partial charge in [0, 0.05) is 68.5 Å². The molecule has 8 heteroatoms. The summed E-state index contributed by atoms with van der Waals surface area (Å²) < 4.78 is 0. The Labute approximate surface area is 201 Å². The second-order valence-corrected chi connectivity index (χ2v) is 9.46. The lowest BCUT2D eigenvalue weighted by atomic mass is 10.1. The van der Waals surface area contributed by atoms with E-state index in [4.69, 9.17) is 9.97 Å². The average molecular weight is 460 g/mol. The van der Waals surface area contributed by atoms with Crippen molar-refractivity contribution in [3.63, 3.8) is 0 Å². The second kappa shape index (κ2) is 9.54. The van der Waals surface area contributed by atoms with Gasteiger partial charge in [-0.1, -0.05) is 0 Å². The van der Waals surface area contributed by atoms with Crippen molar-refractivity contribution in [2.45, 2.75) is 52.3 Å². The van der Waals surface area contributed by atoms with E-state index >= 15 is 0 Å². The van der Waals surface area contributed by atoms with Crippen LogP contribution in [0.15, 0.2) is 42.9 Å². The van der Waals surface area contributed by atoms with Gasteiger partial charge in [-0.05, 0) is 62.9 Å². The van der Waals surface area contributed by atoms with Gasteiger partial charge < -0.3 is 19.8 Å². The number of aromatic nitrogens is 4. The number of aliphatic hydroxyl groups is 1. The van der Waals surface area contributed by atoms with Crippen LogP contribution in [0, 0.1) is 6.92 Å². The molecule has 2 saturated heterocycles. The molecule has 0 spiro atoms. The molecule has 0 bridgehead atoms. The van der Waals surface area contributed by atoms with Crippen LogP contribution >= 0.6 is 0 Å². The monoisotopic (exact) mass is 459 g/mol. The molecule has 34 heavy (non-hydrogen) atoms. The van der Waals surface area contributed by atoms with Crippen LogP contribution in [0.5, 0.6) is 0 Å². The van der Waals surface area contributed by atoms with E-state index in [2.05, 4.69) is 51.5 Å². The van der Waals surface area contributed by atoms with Gasteiger partial charge in [-0.2, -0.15) is 4.98 Å². The highest BCUT2D eigenvalue weighted by atomic mass is 16.3. The maximum absolute atomic E-state index is 9.41. The first-order valence-electron chi connectivity index (χ1n) is 12.2. The van der Waals surface area contributed by atoms with E-state index < -0.39 is 0 Å². The lowest BCUT2D eigenvalue weighted by molar-refractivity contribution is 0.281. The minimum atomic E-state index is 0.0176. The summed E-state index contributed by atoms with van der Waals surface area (Å²) in [7, 11) is 0. The molecule has 0 radical (unpaired) electrons. The summed E-state index contributed by atoms with van der Waals surface area (Å²) in [5.41, 5.74) is 3.94. The SMILES string of the molecule is Cc1cc(CO)cnc1N1CCN(c2cc(-c3ccncc3)nc(N3CCCC3C)n2)[C@H](C)C1. The highest BCUT2D eigenvalue weighted by Gasteiger charge is 2.29. The van der Waals surface area contributed by atoms with Crippen LogP contribution in [-0.4, -0.2) is 63.3 Å². The predicted molar refractivity (Wildman–Crippen MR) is 135 cm³/mol. The Morgan fingerprint density at radius 1 is 1.00 bits per heavy atom. The molecule has 0 saturated carbocycles. The zero-order valence-corrected chi connectivity index (χ0v) is 20.2. The highest BCUT2D eigenvalue weighted by molar-refractivity contribution is 5.65. The molecule has 0 amide bonds. The first-order chi connectivity index (χ1) is 16.5. The quantitative estimate of drug-likeness (QED) is 0.622. The third kappa shape index (κ3) is 4.42. The van der Waals surface area contributed by atoms with Crippen molar-refractivity contribution in [3.8, 4) is 11.3 Å². The minimum absolute atomic E-state index is 0.0176. The Balaban J connectivity index is 1.44. The molecular weight excluding hydrogens is 426 g/mol. The van der Waals surface area contributed by atoms with Gasteiger partial charge >= 0.3 is 0 Å². The van der Waals surface area contributed by atoms with Gasteiger partial charge in [0.2, 0.25) is 5.95 Å². The van der Waals surface area contributed by atoms with Crippen molar-refractivity contribution in [1.82, 2.24) is 19.9 Å². The number of anilines is 3. The van der Waals surface area contributed by atoms with Gasteiger partial charge in [0.05, 0.1) is 12.3 Å². The molecule has 5 rings (SSSR count). The molecule has 0 aromatic carbocycles. The molecular formula is C26H33N7O. The van der Waals surface area contributed by atoms with Gasteiger partial charge in [0.1, 0.15) is 11.6 Å². The molecule has 2 aliphatic heterocycles. The third-order valence-electron chi connectivity index (χ3n) is 7.00. The third-order valence-corrected chi connectivity index (χ3v) is 7.00. The standard InChI is InChI=1S/C26H33N7O/c1-18-13-21(17-34)15-28-25(18)31-11-12-32(20(3)16-31)24-14-23(22-6-8-27-9-7-22)29-26(30-24)33-10-4-5-19(33)2/h6-9,13-15,19-20,34H,4-5,10-12,16-17H2,1-3H3/t19?,20-/m1/s1. The molecule has 178 valence electrons. The maximum Gasteiger partial charge on any atom is 0.228 e. The van der Waals surface area contributed by atoms with E-state index in [-0.39, 0.29) is 12.6 Å². The molecule has 2 aliphatic rings. The topological polar surface area (TPSA) is 81.5 Å². The Morgan fingerprint density at radius 3 is 2.50 bits per heavy atom. The van der Waals surface area contributed by atoms with E-state index in [1.807, 2.05) is 30.6 Å². The van der Waals surface area contributed by atoms with Gasteiger partial charge in [-0.25, -0.2) is 9.97 Å². The fraction of sp³-hybridized carbons (Fsp3) is 0.462. The van der Waals surface area contributed by atoms with Crippen LogP contribution < -0.4 is 14.7 Å². The average Bonchev–Trinajstić information content (AvgIpc) is 3.30. The molecule has 1 unspecified atom stereocenters. The summed E-state index contributed by atoms with van der Waals surface area (Å²) >= 11 is 0. The van der Waals surface area contributed by atoms with Crippen LogP contribution in [0.1, 0.15) is 37.8 Å². The Kier molecular flexibility index (Phi) is 6.32. The molecule has 5 heterocycles. The number of aryl methyl sites for hydroxylation is 1. The molecule has 2 fully saturated rings. The Hall–Kier alpha value is -3.26. The van der Waals surface area contributed by atoms with Gasteiger partial charge in [-0.3, -0.25) is 4.98 Å². The largest absolute Gasteiger partial charge is 0.392 e. The summed E-state index contributed by atoms with van der Waals surface area (Å²) in [4.78, 5) is 25.9. The number of nitrogens with zero attached hydrogens (tertiary/aromatic N) is 7. The summed E-state index contributed by atoms with van der Waals surface area (Å²) in [6.07, 6.45) is 7.75. The Bertz CT molecular complexity index is 1140. The molecule has 3 aromatic rings. The van der Waals surface area contributed by atoms with E-state index in [1.54, 1.807) is 6.20 Å². The van der Waals surface area contributed by atoms with Gasteiger partial charge in [0.25, 0.3) is 0 Å². The number of piperazine rings is 1. The van der Waals surface area contributed by atoms with Crippen LogP contribution in [-0.2, 0) is 6.61 Å². The summed E-state index contributed by atoms with van der Waals surface area (Å²) in [5.74, 6) is 2.79. The van der Waals surface area contributed by atoms with E-state index in [0.29, 0.717) is 6.04 Å². The van der Waals surface area contributed by atoms with Crippen LogP contribution in [0.3, 0.4) is 0 Å². The zero-order valence-electron chi connectivity index (χ0n) is 20.2. The number of hydrogen-bond acceptors (Lipinski definition) is 8. The van der Waals surface area contributed by atoms with Crippen molar-refractivity contribution in [1.29, 1.82) is 0 Å². The number of aliphatic hydroxyl groups excluding tert-OH is 1. The molecule has 2 atom stereocenters. The zero-order chi connectivity index (χ0) is 23.7. The first-order valence-corrected chi connectivity index (χ1v) is 12.2.